The highest BCUT2D eigenvalue weighted by Gasteiger charge is 2.15. The second-order valence-corrected chi connectivity index (χ2v) is 5.01. The second-order valence-electron chi connectivity index (χ2n) is 4.15. The summed E-state index contributed by atoms with van der Waals surface area (Å²) in [5.74, 6) is -0.958. The first kappa shape index (κ1) is 15.6. The predicted octanol–water partition coefficient (Wildman–Crippen LogP) is 2.83. The van der Waals surface area contributed by atoms with E-state index in [0.717, 1.165) is 6.21 Å². The van der Waals surface area contributed by atoms with Crippen LogP contribution in [0.5, 0.6) is 5.75 Å². The van der Waals surface area contributed by atoms with Crippen LogP contribution in [0.15, 0.2) is 52.0 Å². The number of nitro benzene ring substituents is 1. The summed E-state index contributed by atoms with van der Waals surface area (Å²) in [5.41, 5.74) is 2.37. The molecule has 0 fully saturated rings. The quantitative estimate of drug-likeness (QED) is 0.494. The average molecular weight is 364 g/mol. The van der Waals surface area contributed by atoms with Gasteiger partial charge < -0.3 is 5.11 Å². The summed E-state index contributed by atoms with van der Waals surface area (Å²) < 4.78 is 0.612. The molecule has 0 aliphatic heterocycles. The van der Waals surface area contributed by atoms with Crippen molar-refractivity contribution in [2.75, 3.05) is 0 Å². The van der Waals surface area contributed by atoms with Crippen LogP contribution in [0.3, 0.4) is 0 Å². The highest BCUT2D eigenvalue weighted by molar-refractivity contribution is 9.10. The number of hydrogen-bond donors (Lipinski definition) is 2. The van der Waals surface area contributed by atoms with Crippen molar-refractivity contribution in [3.8, 4) is 5.75 Å². The Labute approximate surface area is 133 Å². The molecule has 0 spiro atoms. The maximum atomic E-state index is 11.9. The van der Waals surface area contributed by atoms with Gasteiger partial charge in [-0.15, -0.1) is 0 Å². The number of amides is 1. The molecule has 0 saturated heterocycles. The number of phenolic OH excluding ortho intramolecular Hbond substituents is 1. The van der Waals surface area contributed by atoms with Gasteiger partial charge in [-0.25, -0.2) is 5.43 Å². The lowest BCUT2D eigenvalue weighted by Gasteiger charge is -2.02. The minimum absolute atomic E-state index is 0.127. The summed E-state index contributed by atoms with van der Waals surface area (Å²) in [6.07, 6.45) is 1.14. The van der Waals surface area contributed by atoms with Crippen LogP contribution >= 0.6 is 15.9 Å². The number of carbonyl (C=O) groups excluding carboxylic acids is 1. The first-order valence-corrected chi connectivity index (χ1v) is 6.84. The number of para-hydroxylation sites is 1. The largest absolute Gasteiger partial charge is 0.502 e. The molecule has 0 aliphatic carbocycles. The van der Waals surface area contributed by atoms with Crippen molar-refractivity contribution in [2.45, 2.75) is 0 Å². The number of nitro groups is 1. The van der Waals surface area contributed by atoms with Crippen LogP contribution in [0, 0.1) is 10.1 Å². The smallest absolute Gasteiger partial charge is 0.311 e. The fourth-order valence-electron chi connectivity index (χ4n) is 1.67. The predicted molar refractivity (Wildman–Crippen MR) is 84.0 cm³/mol. The molecular formula is C14H10BrN3O4. The van der Waals surface area contributed by atoms with E-state index in [1.54, 1.807) is 24.3 Å². The van der Waals surface area contributed by atoms with E-state index in [4.69, 9.17) is 0 Å². The van der Waals surface area contributed by atoms with E-state index in [2.05, 4.69) is 26.5 Å². The van der Waals surface area contributed by atoms with Gasteiger partial charge >= 0.3 is 5.69 Å². The van der Waals surface area contributed by atoms with Crippen molar-refractivity contribution in [1.82, 2.24) is 5.43 Å². The Bertz CT molecular complexity index is 762. The van der Waals surface area contributed by atoms with Gasteiger partial charge in [0.25, 0.3) is 5.91 Å². The molecule has 0 unspecified atom stereocenters. The molecule has 0 heterocycles. The van der Waals surface area contributed by atoms with Crippen molar-refractivity contribution < 1.29 is 14.8 Å². The molecular weight excluding hydrogens is 354 g/mol. The average Bonchev–Trinajstić information content (AvgIpc) is 2.49. The van der Waals surface area contributed by atoms with Crippen molar-refractivity contribution in [3.05, 3.63) is 68.2 Å². The SMILES string of the molecule is O=C(N/N=C/c1cccc([N+](=O)[O-])c1O)c1ccccc1Br. The van der Waals surface area contributed by atoms with E-state index in [0.29, 0.717) is 10.0 Å². The number of phenols is 1. The molecule has 0 aliphatic rings. The Hall–Kier alpha value is -2.74. The van der Waals surface area contributed by atoms with E-state index >= 15 is 0 Å². The molecule has 8 heteroatoms. The van der Waals surface area contributed by atoms with Gasteiger partial charge in [0.15, 0.2) is 0 Å². The number of hydrogen-bond acceptors (Lipinski definition) is 5. The number of benzene rings is 2. The molecule has 0 atom stereocenters. The Morgan fingerprint density at radius 2 is 2.00 bits per heavy atom. The fraction of sp³-hybridized carbons (Fsp3) is 0. The van der Waals surface area contributed by atoms with Gasteiger partial charge in [-0.2, -0.15) is 5.10 Å². The Morgan fingerprint density at radius 3 is 2.68 bits per heavy atom. The van der Waals surface area contributed by atoms with E-state index < -0.39 is 22.3 Å². The Balaban J connectivity index is 2.14. The third-order valence-electron chi connectivity index (χ3n) is 2.73. The molecule has 1 amide bonds. The molecule has 2 aromatic carbocycles. The minimum atomic E-state index is -0.702. The summed E-state index contributed by atoms with van der Waals surface area (Å²) >= 11 is 3.24. The van der Waals surface area contributed by atoms with Gasteiger partial charge in [0.2, 0.25) is 5.75 Å². The van der Waals surface area contributed by atoms with Gasteiger partial charge in [0, 0.05) is 16.1 Å². The molecule has 7 nitrogen and oxygen atoms in total. The number of halogens is 1. The summed E-state index contributed by atoms with van der Waals surface area (Å²) in [4.78, 5) is 21.9. The van der Waals surface area contributed by atoms with Crippen LogP contribution in [0.2, 0.25) is 0 Å². The van der Waals surface area contributed by atoms with E-state index in [-0.39, 0.29) is 5.56 Å². The van der Waals surface area contributed by atoms with E-state index in [1.807, 2.05) is 0 Å². The summed E-state index contributed by atoms with van der Waals surface area (Å²) in [5, 5.41) is 24.1. The number of hydrazone groups is 1. The highest BCUT2D eigenvalue weighted by Crippen LogP contribution is 2.27. The second kappa shape index (κ2) is 6.81. The van der Waals surface area contributed by atoms with Gasteiger partial charge in [0.05, 0.1) is 16.7 Å². The van der Waals surface area contributed by atoms with Crippen LogP contribution in [0.1, 0.15) is 15.9 Å². The highest BCUT2D eigenvalue weighted by atomic mass is 79.9. The summed E-state index contributed by atoms with van der Waals surface area (Å²) in [7, 11) is 0. The normalized spacial score (nSPS) is 10.6. The molecule has 0 saturated carbocycles. The van der Waals surface area contributed by atoms with Gasteiger partial charge in [0.1, 0.15) is 0 Å². The topological polar surface area (TPSA) is 105 Å². The number of nitrogens with one attached hydrogen (secondary N) is 1. The van der Waals surface area contributed by atoms with Gasteiger partial charge in [-0.05, 0) is 34.1 Å². The molecule has 0 radical (unpaired) electrons. The molecule has 22 heavy (non-hydrogen) atoms. The monoisotopic (exact) mass is 363 g/mol. The maximum absolute atomic E-state index is 11.9. The molecule has 112 valence electrons. The van der Waals surface area contributed by atoms with Crippen LogP contribution in [0.4, 0.5) is 5.69 Å². The zero-order chi connectivity index (χ0) is 16.1. The van der Waals surface area contributed by atoms with Crippen LogP contribution in [0.25, 0.3) is 0 Å². The standard InChI is InChI=1S/C14H10BrN3O4/c15-11-6-2-1-5-10(11)14(20)17-16-8-9-4-3-7-12(13(9)19)18(21)22/h1-8,19H,(H,17,20)/b16-8+. The lowest BCUT2D eigenvalue weighted by atomic mass is 10.2. The third kappa shape index (κ3) is 3.47. The molecule has 0 bridgehead atoms. The van der Waals surface area contributed by atoms with Gasteiger partial charge in [-0.1, -0.05) is 18.2 Å². The molecule has 2 aromatic rings. The first-order chi connectivity index (χ1) is 10.5. The zero-order valence-corrected chi connectivity index (χ0v) is 12.6. The lowest BCUT2D eigenvalue weighted by Crippen LogP contribution is -2.18. The Kier molecular flexibility index (Phi) is 4.84. The summed E-state index contributed by atoms with van der Waals surface area (Å²) in [6, 6.07) is 10.8. The van der Waals surface area contributed by atoms with Crippen LogP contribution in [-0.4, -0.2) is 22.2 Å². The maximum Gasteiger partial charge on any atom is 0.311 e. The van der Waals surface area contributed by atoms with Crippen molar-refractivity contribution in [3.63, 3.8) is 0 Å². The molecule has 2 N–H and O–H groups in total. The van der Waals surface area contributed by atoms with E-state index in [1.165, 1.54) is 18.2 Å². The van der Waals surface area contributed by atoms with Crippen LogP contribution < -0.4 is 5.43 Å². The third-order valence-corrected chi connectivity index (χ3v) is 3.42. The van der Waals surface area contributed by atoms with E-state index in [9.17, 15) is 20.0 Å². The van der Waals surface area contributed by atoms with Crippen molar-refractivity contribution >= 4 is 33.7 Å². The summed E-state index contributed by atoms with van der Waals surface area (Å²) in [6.45, 7) is 0. The number of nitrogens with zero attached hydrogens (tertiary/aromatic N) is 2. The molecule has 2 rings (SSSR count). The first-order valence-electron chi connectivity index (χ1n) is 6.05. The molecule has 0 aromatic heterocycles. The van der Waals surface area contributed by atoms with Gasteiger partial charge in [-0.3, -0.25) is 14.9 Å². The Morgan fingerprint density at radius 1 is 1.27 bits per heavy atom. The number of aromatic hydroxyl groups is 1. The van der Waals surface area contributed by atoms with Crippen LogP contribution in [-0.2, 0) is 0 Å². The fourth-order valence-corrected chi connectivity index (χ4v) is 2.13. The zero-order valence-electron chi connectivity index (χ0n) is 11.1. The number of rotatable bonds is 4. The van der Waals surface area contributed by atoms with Crippen molar-refractivity contribution in [2.24, 2.45) is 5.10 Å². The lowest BCUT2D eigenvalue weighted by molar-refractivity contribution is -0.385. The minimum Gasteiger partial charge on any atom is -0.502 e. The van der Waals surface area contributed by atoms with Crippen molar-refractivity contribution in [1.29, 1.82) is 0 Å². The number of carbonyl (C=O) groups is 1.